The number of halogens is 2. The van der Waals surface area contributed by atoms with Crippen LogP contribution in [0.1, 0.15) is 24.3 Å². The predicted octanol–water partition coefficient (Wildman–Crippen LogP) is 4.54. The molecule has 0 atom stereocenters. The maximum Gasteiger partial charge on any atom is 0.275 e. The van der Waals surface area contributed by atoms with E-state index in [1.165, 1.54) is 18.5 Å². The van der Waals surface area contributed by atoms with Crippen LogP contribution in [0.4, 0.5) is 26.0 Å². The Balaban J connectivity index is 1.73. The fraction of sp³-hybridized carbons (Fsp3) is 0.150. The van der Waals surface area contributed by atoms with Crippen molar-refractivity contribution in [2.45, 2.75) is 20.0 Å². The van der Waals surface area contributed by atoms with E-state index < -0.39 is 17.5 Å². The quantitative estimate of drug-likeness (QED) is 0.653. The lowest BCUT2D eigenvalue weighted by Gasteiger charge is -2.14. The second kappa shape index (κ2) is 8.43. The summed E-state index contributed by atoms with van der Waals surface area (Å²) in [6.45, 7) is 3.77. The zero-order valence-corrected chi connectivity index (χ0v) is 15.2. The van der Waals surface area contributed by atoms with Gasteiger partial charge in [0.1, 0.15) is 34.6 Å². The molecule has 0 aliphatic rings. The molecule has 0 aliphatic heterocycles. The minimum atomic E-state index is -0.759. The molecular formula is C20H18F2N4O2. The summed E-state index contributed by atoms with van der Waals surface area (Å²) in [5.74, 6) is -1.37. The maximum absolute atomic E-state index is 13.7. The van der Waals surface area contributed by atoms with Gasteiger partial charge in [-0.3, -0.25) is 4.79 Å². The molecule has 144 valence electrons. The van der Waals surface area contributed by atoms with Crippen LogP contribution >= 0.6 is 0 Å². The first-order valence-electron chi connectivity index (χ1n) is 8.54. The Kier molecular flexibility index (Phi) is 5.78. The molecule has 1 amide bonds. The number of carbonyl (C=O) groups is 1. The van der Waals surface area contributed by atoms with Gasteiger partial charge in [0.05, 0.1) is 24.2 Å². The van der Waals surface area contributed by atoms with E-state index in [0.29, 0.717) is 11.4 Å². The first kappa shape index (κ1) is 19.2. The number of para-hydroxylation sites is 3. The third-order valence-corrected chi connectivity index (χ3v) is 3.60. The van der Waals surface area contributed by atoms with E-state index in [1.807, 2.05) is 13.8 Å². The number of ether oxygens (including phenoxy) is 1. The summed E-state index contributed by atoms with van der Waals surface area (Å²) >= 11 is 0. The second-order valence-corrected chi connectivity index (χ2v) is 6.13. The largest absolute Gasteiger partial charge is 0.489 e. The molecular weight excluding hydrogens is 366 g/mol. The van der Waals surface area contributed by atoms with Crippen LogP contribution in [0.3, 0.4) is 0 Å². The Morgan fingerprint density at radius 1 is 1.00 bits per heavy atom. The van der Waals surface area contributed by atoms with Gasteiger partial charge in [0.25, 0.3) is 5.91 Å². The molecule has 1 heterocycles. The third-order valence-electron chi connectivity index (χ3n) is 3.60. The molecule has 3 aromatic rings. The van der Waals surface area contributed by atoms with Gasteiger partial charge in [-0.1, -0.05) is 18.2 Å². The van der Waals surface area contributed by atoms with Gasteiger partial charge in [0.2, 0.25) is 0 Å². The summed E-state index contributed by atoms with van der Waals surface area (Å²) in [5, 5.41) is 5.22. The molecule has 1 aromatic heterocycles. The van der Waals surface area contributed by atoms with Crippen molar-refractivity contribution in [3.8, 4) is 5.75 Å². The number of rotatable bonds is 6. The van der Waals surface area contributed by atoms with Crippen LogP contribution < -0.4 is 15.4 Å². The highest BCUT2D eigenvalue weighted by molar-refractivity contribution is 6.03. The van der Waals surface area contributed by atoms with Crippen molar-refractivity contribution in [2.24, 2.45) is 0 Å². The van der Waals surface area contributed by atoms with Crippen LogP contribution in [-0.4, -0.2) is 22.0 Å². The highest BCUT2D eigenvalue weighted by Gasteiger charge is 2.14. The molecule has 3 rings (SSSR count). The lowest BCUT2D eigenvalue weighted by molar-refractivity contribution is 0.102. The van der Waals surface area contributed by atoms with E-state index in [0.717, 1.165) is 12.1 Å². The average Bonchev–Trinajstić information content (AvgIpc) is 2.66. The van der Waals surface area contributed by atoms with Crippen LogP contribution in [0.2, 0.25) is 0 Å². The standard InChI is InChI=1S/C20H18F2N4O2/c1-12(2)28-17-9-4-3-8-15(17)25-20(27)16-10-24-18(11-23-16)26-19-13(21)6-5-7-14(19)22/h3-12H,1-2H3,(H,24,26)(H,25,27). The molecule has 0 fully saturated rings. The molecule has 0 unspecified atom stereocenters. The van der Waals surface area contributed by atoms with Crippen LogP contribution in [0.25, 0.3) is 0 Å². The Morgan fingerprint density at radius 3 is 2.36 bits per heavy atom. The minimum Gasteiger partial charge on any atom is -0.489 e. The number of nitrogens with zero attached hydrogens (tertiary/aromatic N) is 2. The Morgan fingerprint density at radius 2 is 1.71 bits per heavy atom. The molecule has 0 saturated carbocycles. The van der Waals surface area contributed by atoms with E-state index in [1.54, 1.807) is 24.3 Å². The normalized spacial score (nSPS) is 10.6. The number of carbonyl (C=O) groups excluding carboxylic acids is 1. The Labute approximate surface area is 160 Å². The van der Waals surface area contributed by atoms with Gasteiger partial charge in [-0.05, 0) is 38.1 Å². The van der Waals surface area contributed by atoms with Crippen molar-refractivity contribution in [2.75, 3.05) is 10.6 Å². The summed E-state index contributed by atoms with van der Waals surface area (Å²) in [7, 11) is 0. The topological polar surface area (TPSA) is 76.1 Å². The molecule has 0 radical (unpaired) electrons. The van der Waals surface area contributed by atoms with E-state index in [2.05, 4.69) is 20.6 Å². The number of amides is 1. The number of anilines is 3. The molecule has 2 N–H and O–H groups in total. The van der Waals surface area contributed by atoms with Gasteiger partial charge in [0.15, 0.2) is 0 Å². The fourth-order valence-electron chi connectivity index (χ4n) is 2.37. The monoisotopic (exact) mass is 384 g/mol. The van der Waals surface area contributed by atoms with Crippen LogP contribution in [0, 0.1) is 11.6 Å². The molecule has 0 saturated heterocycles. The average molecular weight is 384 g/mol. The lowest BCUT2D eigenvalue weighted by atomic mass is 10.2. The first-order valence-corrected chi connectivity index (χ1v) is 8.54. The first-order chi connectivity index (χ1) is 13.4. The predicted molar refractivity (Wildman–Crippen MR) is 102 cm³/mol. The van der Waals surface area contributed by atoms with Crippen molar-refractivity contribution in [3.63, 3.8) is 0 Å². The maximum atomic E-state index is 13.7. The molecule has 8 heteroatoms. The Hall–Kier alpha value is -3.55. The highest BCUT2D eigenvalue weighted by atomic mass is 19.1. The van der Waals surface area contributed by atoms with Crippen molar-refractivity contribution in [1.29, 1.82) is 0 Å². The number of hydrogen-bond donors (Lipinski definition) is 2. The van der Waals surface area contributed by atoms with E-state index in [4.69, 9.17) is 4.74 Å². The van der Waals surface area contributed by atoms with Gasteiger partial charge in [-0.2, -0.15) is 0 Å². The van der Waals surface area contributed by atoms with Crippen LogP contribution in [-0.2, 0) is 0 Å². The highest BCUT2D eigenvalue weighted by Crippen LogP contribution is 2.25. The molecule has 0 spiro atoms. The number of hydrogen-bond acceptors (Lipinski definition) is 5. The Bertz CT molecular complexity index is 958. The summed E-state index contributed by atoms with van der Waals surface area (Å²) in [4.78, 5) is 20.4. The number of nitrogens with one attached hydrogen (secondary N) is 2. The zero-order chi connectivity index (χ0) is 20.1. The molecule has 2 aromatic carbocycles. The minimum absolute atomic E-state index is 0.0407. The molecule has 0 aliphatic carbocycles. The van der Waals surface area contributed by atoms with Gasteiger partial charge < -0.3 is 15.4 Å². The molecule has 0 bridgehead atoms. The molecule has 28 heavy (non-hydrogen) atoms. The summed E-state index contributed by atoms with van der Waals surface area (Å²) in [6.07, 6.45) is 2.38. The summed E-state index contributed by atoms with van der Waals surface area (Å²) in [5.41, 5.74) is 0.200. The van der Waals surface area contributed by atoms with Gasteiger partial charge in [0, 0.05) is 0 Å². The van der Waals surface area contributed by atoms with Crippen molar-refractivity contribution in [3.05, 3.63) is 72.2 Å². The van der Waals surface area contributed by atoms with E-state index >= 15 is 0 Å². The van der Waals surface area contributed by atoms with Gasteiger partial charge >= 0.3 is 0 Å². The van der Waals surface area contributed by atoms with Gasteiger partial charge in [-0.15, -0.1) is 0 Å². The fourth-order valence-corrected chi connectivity index (χ4v) is 2.37. The number of aromatic nitrogens is 2. The second-order valence-electron chi connectivity index (χ2n) is 6.13. The molecule has 6 nitrogen and oxygen atoms in total. The summed E-state index contributed by atoms with van der Waals surface area (Å²) in [6, 6.07) is 10.5. The van der Waals surface area contributed by atoms with Crippen molar-refractivity contribution in [1.82, 2.24) is 9.97 Å². The van der Waals surface area contributed by atoms with E-state index in [-0.39, 0.29) is 23.3 Å². The smallest absolute Gasteiger partial charge is 0.275 e. The lowest BCUT2D eigenvalue weighted by Crippen LogP contribution is -2.16. The van der Waals surface area contributed by atoms with Crippen molar-refractivity contribution >= 4 is 23.1 Å². The van der Waals surface area contributed by atoms with Crippen molar-refractivity contribution < 1.29 is 18.3 Å². The SMILES string of the molecule is CC(C)Oc1ccccc1NC(=O)c1cnc(Nc2c(F)cccc2F)cn1. The number of benzene rings is 2. The summed E-state index contributed by atoms with van der Waals surface area (Å²) < 4.78 is 33.0. The van der Waals surface area contributed by atoms with Crippen LogP contribution in [0.5, 0.6) is 5.75 Å². The van der Waals surface area contributed by atoms with E-state index in [9.17, 15) is 13.6 Å². The van der Waals surface area contributed by atoms with Crippen LogP contribution in [0.15, 0.2) is 54.9 Å². The van der Waals surface area contributed by atoms with Gasteiger partial charge in [-0.25, -0.2) is 18.7 Å². The third kappa shape index (κ3) is 4.59. The zero-order valence-electron chi connectivity index (χ0n) is 15.2.